The molecular weight excluding hydrogens is 288 g/mol. The first-order valence-corrected chi connectivity index (χ1v) is 7.34. The molecule has 1 heterocycles. The third-order valence-electron chi connectivity index (χ3n) is 3.92. The fourth-order valence-corrected chi connectivity index (χ4v) is 2.92. The highest BCUT2D eigenvalue weighted by Crippen LogP contribution is 2.26. The third kappa shape index (κ3) is 2.63. The summed E-state index contributed by atoms with van der Waals surface area (Å²) in [6, 6.07) is 7.67. The van der Waals surface area contributed by atoms with Crippen LogP contribution in [0.4, 0.5) is 0 Å². The van der Waals surface area contributed by atoms with E-state index in [-0.39, 0.29) is 5.56 Å². The van der Waals surface area contributed by atoms with Crippen LogP contribution in [-0.2, 0) is 19.9 Å². The second-order valence-electron chi connectivity index (χ2n) is 5.34. The summed E-state index contributed by atoms with van der Waals surface area (Å²) in [7, 11) is 1.52. The van der Waals surface area contributed by atoms with Gasteiger partial charge in [-0.1, -0.05) is 12.1 Å². The van der Waals surface area contributed by atoms with Crippen molar-refractivity contribution in [1.29, 1.82) is 0 Å². The van der Waals surface area contributed by atoms with Crippen molar-refractivity contribution in [3.63, 3.8) is 0 Å². The second-order valence-corrected chi connectivity index (χ2v) is 5.68. The Labute approximate surface area is 127 Å². The Balaban J connectivity index is 2.12. The summed E-state index contributed by atoms with van der Waals surface area (Å²) in [5.74, 6) is 0. The zero-order valence-electron chi connectivity index (χ0n) is 11.7. The average molecular weight is 303 g/mol. The van der Waals surface area contributed by atoms with Gasteiger partial charge in [0.15, 0.2) is 0 Å². The Morgan fingerprint density at radius 2 is 1.90 bits per heavy atom. The summed E-state index contributed by atoms with van der Waals surface area (Å²) in [6.45, 7) is 0. The van der Waals surface area contributed by atoms with E-state index in [0.29, 0.717) is 5.69 Å². The summed E-state index contributed by atoms with van der Waals surface area (Å²) in [5, 5.41) is 3.48. The topological polar surface area (TPSA) is 52.0 Å². The SMILES string of the molecule is Cn1nc(-c2ccc3c(c2)CCCC3)cc(C(=O)Cl)c1=O. The van der Waals surface area contributed by atoms with Gasteiger partial charge in [0.2, 0.25) is 0 Å². The molecule has 0 radical (unpaired) electrons. The van der Waals surface area contributed by atoms with Crippen LogP contribution in [-0.4, -0.2) is 15.0 Å². The van der Waals surface area contributed by atoms with Gasteiger partial charge < -0.3 is 0 Å². The zero-order chi connectivity index (χ0) is 15.0. The van der Waals surface area contributed by atoms with Crippen molar-refractivity contribution < 1.29 is 4.79 Å². The van der Waals surface area contributed by atoms with Crippen LogP contribution in [0.25, 0.3) is 11.3 Å². The van der Waals surface area contributed by atoms with Crippen molar-refractivity contribution >= 4 is 16.8 Å². The summed E-state index contributed by atoms with van der Waals surface area (Å²) < 4.78 is 1.16. The van der Waals surface area contributed by atoms with Gasteiger partial charge in [-0.15, -0.1) is 0 Å². The lowest BCUT2D eigenvalue weighted by molar-refractivity contribution is 0.107. The molecule has 0 amide bonds. The predicted octanol–water partition coefficient (Wildman–Crippen LogP) is 2.71. The number of carbonyl (C=O) groups excluding carboxylic acids is 1. The normalized spacial score (nSPS) is 13.8. The standard InChI is InChI=1S/C16H15ClN2O2/c1-19-16(21)13(15(17)20)9-14(18-19)12-7-6-10-4-2-3-5-11(10)8-12/h6-9H,2-5H2,1H3. The van der Waals surface area contributed by atoms with Crippen LogP contribution in [0.5, 0.6) is 0 Å². The molecule has 0 aliphatic heterocycles. The number of aromatic nitrogens is 2. The minimum absolute atomic E-state index is 0.0399. The van der Waals surface area contributed by atoms with Crippen molar-refractivity contribution in [1.82, 2.24) is 9.78 Å². The molecule has 0 atom stereocenters. The Morgan fingerprint density at radius 1 is 1.19 bits per heavy atom. The van der Waals surface area contributed by atoms with E-state index in [2.05, 4.69) is 17.2 Å². The molecule has 108 valence electrons. The highest BCUT2D eigenvalue weighted by molar-refractivity contribution is 6.67. The number of fused-ring (bicyclic) bond motifs is 1. The number of benzene rings is 1. The van der Waals surface area contributed by atoms with E-state index in [1.807, 2.05) is 6.07 Å². The fourth-order valence-electron chi connectivity index (χ4n) is 2.78. The lowest BCUT2D eigenvalue weighted by Gasteiger charge is -2.16. The van der Waals surface area contributed by atoms with Crippen LogP contribution in [0.3, 0.4) is 0 Å². The zero-order valence-corrected chi connectivity index (χ0v) is 12.5. The number of hydrogen-bond donors (Lipinski definition) is 0. The van der Waals surface area contributed by atoms with Crippen LogP contribution in [0.15, 0.2) is 29.1 Å². The summed E-state index contributed by atoms with van der Waals surface area (Å²) >= 11 is 5.48. The van der Waals surface area contributed by atoms with E-state index in [1.54, 1.807) is 0 Å². The van der Waals surface area contributed by atoms with Gasteiger partial charge in [-0.3, -0.25) is 9.59 Å². The second kappa shape index (κ2) is 5.45. The molecule has 3 rings (SSSR count). The van der Waals surface area contributed by atoms with Gasteiger partial charge >= 0.3 is 0 Å². The molecule has 1 aromatic heterocycles. The van der Waals surface area contributed by atoms with Gasteiger partial charge in [0, 0.05) is 12.6 Å². The molecule has 21 heavy (non-hydrogen) atoms. The first kappa shape index (κ1) is 14.0. The van der Waals surface area contributed by atoms with Crippen molar-refractivity contribution in [3.05, 3.63) is 51.3 Å². The van der Waals surface area contributed by atoms with Crippen LogP contribution < -0.4 is 5.56 Å². The van der Waals surface area contributed by atoms with E-state index in [9.17, 15) is 9.59 Å². The molecule has 0 N–H and O–H groups in total. The number of aryl methyl sites for hydroxylation is 3. The quantitative estimate of drug-likeness (QED) is 0.802. The minimum atomic E-state index is -0.753. The number of hydrogen-bond acceptors (Lipinski definition) is 3. The summed E-state index contributed by atoms with van der Waals surface area (Å²) in [6.07, 6.45) is 4.61. The molecule has 5 heteroatoms. The third-order valence-corrected chi connectivity index (χ3v) is 4.12. The van der Waals surface area contributed by atoms with Gasteiger partial charge in [0.05, 0.1) is 5.69 Å². The maximum absolute atomic E-state index is 11.8. The van der Waals surface area contributed by atoms with Crippen LogP contribution in [0, 0.1) is 0 Å². The first-order valence-electron chi connectivity index (χ1n) is 6.96. The summed E-state index contributed by atoms with van der Waals surface area (Å²) in [5.41, 5.74) is 3.69. The van der Waals surface area contributed by atoms with Crippen molar-refractivity contribution in [2.45, 2.75) is 25.7 Å². The maximum Gasteiger partial charge on any atom is 0.278 e. The van der Waals surface area contributed by atoms with E-state index in [4.69, 9.17) is 11.6 Å². The molecule has 4 nitrogen and oxygen atoms in total. The van der Waals surface area contributed by atoms with Crippen LogP contribution in [0.2, 0.25) is 0 Å². The Kier molecular flexibility index (Phi) is 3.64. The minimum Gasteiger partial charge on any atom is -0.275 e. The molecule has 0 spiro atoms. The van der Waals surface area contributed by atoms with Gasteiger partial charge in [-0.05, 0) is 60.5 Å². The monoisotopic (exact) mass is 302 g/mol. The van der Waals surface area contributed by atoms with E-state index in [0.717, 1.165) is 23.1 Å². The Hall–Kier alpha value is -1.94. The van der Waals surface area contributed by atoms with E-state index in [1.165, 1.54) is 37.1 Å². The van der Waals surface area contributed by atoms with E-state index >= 15 is 0 Å². The van der Waals surface area contributed by atoms with Crippen LogP contribution in [0.1, 0.15) is 34.3 Å². The molecule has 0 fully saturated rings. The summed E-state index contributed by atoms with van der Waals surface area (Å²) in [4.78, 5) is 23.2. The average Bonchev–Trinajstić information content (AvgIpc) is 2.49. The largest absolute Gasteiger partial charge is 0.278 e. The molecule has 0 unspecified atom stereocenters. The lowest BCUT2D eigenvalue weighted by Crippen LogP contribution is -2.25. The molecule has 1 aliphatic rings. The van der Waals surface area contributed by atoms with Crippen molar-refractivity contribution in [2.75, 3.05) is 0 Å². The van der Waals surface area contributed by atoms with Crippen LogP contribution >= 0.6 is 11.6 Å². The molecule has 0 saturated heterocycles. The highest BCUT2D eigenvalue weighted by atomic mass is 35.5. The molecule has 1 aliphatic carbocycles. The van der Waals surface area contributed by atoms with E-state index < -0.39 is 10.8 Å². The molecule has 1 aromatic carbocycles. The van der Waals surface area contributed by atoms with Gasteiger partial charge in [0.1, 0.15) is 5.56 Å². The smallest absolute Gasteiger partial charge is 0.275 e. The molecule has 2 aromatic rings. The highest BCUT2D eigenvalue weighted by Gasteiger charge is 2.15. The number of halogens is 1. The number of carbonyl (C=O) groups is 1. The maximum atomic E-state index is 11.8. The Bertz CT molecular complexity index is 780. The molecule has 0 bridgehead atoms. The number of nitrogens with zero attached hydrogens (tertiary/aromatic N) is 2. The predicted molar refractivity (Wildman–Crippen MR) is 81.7 cm³/mol. The first-order chi connectivity index (χ1) is 10.1. The molecular formula is C16H15ClN2O2. The van der Waals surface area contributed by atoms with Gasteiger partial charge in [0.25, 0.3) is 10.8 Å². The Morgan fingerprint density at radius 3 is 2.62 bits per heavy atom. The lowest BCUT2D eigenvalue weighted by atomic mass is 9.90. The van der Waals surface area contributed by atoms with Crippen molar-refractivity contribution in [3.8, 4) is 11.3 Å². The fraction of sp³-hybridized carbons (Fsp3) is 0.312. The number of rotatable bonds is 2. The molecule has 0 saturated carbocycles. The van der Waals surface area contributed by atoms with Gasteiger partial charge in [-0.25, -0.2) is 4.68 Å². The van der Waals surface area contributed by atoms with Crippen molar-refractivity contribution in [2.24, 2.45) is 7.05 Å². The van der Waals surface area contributed by atoms with Gasteiger partial charge in [-0.2, -0.15) is 5.10 Å².